The summed E-state index contributed by atoms with van der Waals surface area (Å²) in [6.07, 6.45) is 0.909. The van der Waals surface area contributed by atoms with Crippen molar-refractivity contribution in [3.63, 3.8) is 0 Å². The second-order valence-electron chi connectivity index (χ2n) is 8.74. The van der Waals surface area contributed by atoms with Crippen molar-refractivity contribution in [2.24, 2.45) is 0 Å². The first-order chi connectivity index (χ1) is 17.8. The molecule has 1 amide bonds. The van der Waals surface area contributed by atoms with E-state index in [0.29, 0.717) is 33.5 Å². The van der Waals surface area contributed by atoms with Gasteiger partial charge in [-0.25, -0.2) is 4.98 Å². The fraction of sp³-hybridized carbons (Fsp3) is 0.138. The van der Waals surface area contributed by atoms with Crippen LogP contribution in [0.2, 0.25) is 5.02 Å². The summed E-state index contributed by atoms with van der Waals surface area (Å²) in [6, 6.07) is 20.6. The Bertz CT molecular complexity index is 1650. The van der Waals surface area contributed by atoms with E-state index in [9.17, 15) is 4.79 Å². The van der Waals surface area contributed by atoms with Gasteiger partial charge in [-0.05, 0) is 97.7 Å². The third-order valence-electron chi connectivity index (χ3n) is 6.16. The monoisotopic (exact) mass is 529 g/mol. The molecule has 0 bridgehead atoms. The largest absolute Gasteiger partial charge is 0.451 e. The third-order valence-corrected chi connectivity index (χ3v) is 6.70. The number of benzene rings is 3. The Morgan fingerprint density at radius 3 is 2.59 bits per heavy atom. The van der Waals surface area contributed by atoms with Crippen LogP contribution in [0.4, 0.5) is 5.69 Å². The van der Waals surface area contributed by atoms with Crippen LogP contribution in [0, 0.1) is 13.8 Å². The number of rotatable bonds is 5. The molecule has 0 saturated carbocycles. The number of aromatic nitrogens is 1. The minimum absolute atomic E-state index is 0.118. The Kier molecular flexibility index (Phi) is 6.82. The molecule has 5 rings (SSSR count). The average Bonchev–Trinajstić information content (AvgIpc) is 3.54. The lowest BCUT2D eigenvalue weighted by atomic mass is 10.1. The summed E-state index contributed by atoms with van der Waals surface area (Å²) in [5.74, 6) is 0.722. The molecule has 2 heterocycles. The highest BCUT2D eigenvalue weighted by molar-refractivity contribution is 7.80. The van der Waals surface area contributed by atoms with Gasteiger partial charge in [0.25, 0.3) is 5.91 Å². The predicted molar refractivity (Wildman–Crippen MR) is 151 cm³/mol. The molecular formula is C29H24ClN3O3S. The zero-order valence-corrected chi connectivity index (χ0v) is 22.1. The summed E-state index contributed by atoms with van der Waals surface area (Å²) >= 11 is 11.8. The van der Waals surface area contributed by atoms with Gasteiger partial charge in [0, 0.05) is 11.3 Å². The predicted octanol–water partition coefficient (Wildman–Crippen LogP) is 7.71. The Labute approximate surface area is 224 Å². The van der Waals surface area contributed by atoms with Crippen LogP contribution in [0.1, 0.15) is 34.2 Å². The van der Waals surface area contributed by atoms with Crippen LogP contribution in [-0.4, -0.2) is 16.0 Å². The first kappa shape index (κ1) is 24.7. The van der Waals surface area contributed by atoms with Crippen LogP contribution in [0.3, 0.4) is 0 Å². The number of nitrogens with zero attached hydrogens (tertiary/aromatic N) is 1. The van der Waals surface area contributed by atoms with Crippen molar-refractivity contribution in [2.75, 3.05) is 5.32 Å². The number of thiocarbonyl (C=S) groups is 1. The molecule has 0 radical (unpaired) electrons. The average molecular weight is 530 g/mol. The topological polar surface area (TPSA) is 80.3 Å². The van der Waals surface area contributed by atoms with Gasteiger partial charge in [-0.3, -0.25) is 10.1 Å². The van der Waals surface area contributed by atoms with E-state index in [1.165, 1.54) is 11.1 Å². The quantitative estimate of drug-likeness (QED) is 0.227. The SMILES string of the molecule is CCc1ccc2oc(-c3cc(NC(=S)NC(=O)c4ccc(-c5ccc(C)c(C)c5)o4)ccc3Cl)nc2c1. The number of oxazole rings is 1. The van der Waals surface area contributed by atoms with E-state index >= 15 is 0 Å². The molecule has 0 aliphatic heterocycles. The van der Waals surface area contributed by atoms with Crippen LogP contribution < -0.4 is 10.6 Å². The number of nitrogens with one attached hydrogen (secondary N) is 2. The number of aryl methyl sites for hydroxylation is 3. The first-order valence-electron chi connectivity index (χ1n) is 11.8. The summed E-state index contributed by atoms with van der Waals surface area (Å²) < 4.78 is 11.7. The van der Waals surface area contributed by atoms with Crippen LogP contribution >= 0.6 is 23.8 Å². The molecule has 0 fully saturated rings. The van der Waals surface area contributed by atoms with Gasteiger partial charge < -0.3 is 14.2 Å². The van der Waals surface area contributed by atoms with Crippen molar-refractivity contribution in [1.29, 1.82) is 0 Å². The highest BCUT2D eigenvalue weighted by Gasteiger charge is 2.16. The van der Waals surface area contributed by atoms with E-state index in [4.69, 9.17) is 32.7 Å². The van der Waals surface area contributed by atoms with Crippen molar-refractivity contribution in [3.05, 3.63) is 94.2 Å². The summed E-state index contributed by atoms with van der Waals surface area (Å²) in [5.41, 5.74) is 7.10. The van der Waals surface area contributed by atoms with Crippen LogP contribution in [0.25, 0.3) is 33.9 Å². The zero-order valence-electron chi connectivity index (χ0n) is 20.5. The van der Waals surface area contributed by atoms with E-state index in [-0.39, 0.29) is 10.9 Å². The second kappa shape index (κ2) is 10.2. The van der Waals surface area contributed by atoms with E-state index < -0.39 is 5.91 Å². The summed E-state index contributed by atoms with van der Waals surface area (Å²) in [6.45, 7) is 6.17. The molecule has 0 atom stereocenters. The van der Waals surface area contributed by atoms with E-state index in [1.54, 1.807) is 30.3 Å². The normalized spacial score (nSPS) is 11.0. The maximum atomic E-state index is 12.7. The van der Waals surface area contributed by atoms with Gasteiger partial charge in [-0.15, -0.1) is 0 Å². The smallest absolute Gasteiger partial charge is 0.293 e. The Morgan fingerprint density at radius 2 is 1.81 bits per heavy atom. The van der Waals surface area contributed by atoms with Gasteiger partial charge in [0.05, 0.1) is 10.6 Å². The van der Waals surface area contributed by atoms with Gasteiger partial charge in [-0.1, -0.05) is 36.7 Å². The fourth-order valence-corrected chi connectivity index (χ4v) is 4.32. The van der Waals surface area contributed by atoms with Crippen molar-refractivity contribution >= 4 is 51.6 Å². The highest BCUT2D eigenvalue weighted by atomic mass is 35.5. The molecule has 0 saturated heterocycles. The van der Waals surface area contributed by atoms with Crippen molar-refractivity contribution < 1.29 is 13.6 Å². The lowest BCUT2D eigenvalue weighted by Gasteiger charge is -2.10. The number of halogens is 1. The minimum Gasteiger partial charge on any atom is -0.451 e. The summed E-state index contributed by atoms with van der Waals surface area (Å²) in [5, 5.41) is 6.27. The van der Waals surface area contributed by atoms with Gasteiger partial charge >= 0.3 is 0 Å². The van der Waals surface area contributed by atoms with Crippen LogP contribution in [0.15, 0.2) is 75.6 Å². The molecule has 0 spiro atoms. The molecule has 2 N–H and O–H groups in total. The molecule has 0 unspecified atom stereocenters. The number of anilines is 1. The second-order valence-corrected chi connectivity index (χ2v) is 9.56. The number of hydrogen-bond acceptors (Lipinski definition) is 5. The Morgan fingerprint density at radius 1 is 0.973 bits per heavy atom. The van der Waals surface area contributed by atoms with Gasteiger partial charge in [0.1, 0.15) is 11.3 Å². The fourth-order valence-electron chi connectivity index (χ4n) is 3.91. The molecule has 0 aliphatic carbocycles. The Hall–Kier alpha value is -3.94. The Balaban J connectivity index is 1.29. The molecule has 37 heavy (non-hydrogen) atoms. The number of carbonyl (C=O) groups excluding carboxylic acids is 1. The first-order valence-corrected chi connectivity index (χ1v) is 12.6. The summed E-state index contributed by atoms with van der Waals surface area (Å²) in [7, 11) is 0. The van der Waals surface area contributed by atoms with E-state index in [2.05, 4.69) is 22.5 Å². The van der Waals surface area contributed by atoms with Crippen molar-refractivity contribution in [2.45, 2.75) is 27.2 Å². The standard InChI is InChI=1S/C29H24ClN3O3S/c1-4-18-6-10-25-23(14-18)32-28(36-25)21-15-20(8-9-22(21)30)31-29(37)33-27(34)26-12-11-24(35-26)19-7-5-16(2)17(3)13-19/h5-15H,4H2,1-3H3,(H2,31,33,34,37). The highest BCUT2D eigenvalue weighted by Crippen LogP contribution is 2.32. The molecule has 5 aromatic rings. The van der Waals surface area contributed by atoms with Gasteiger partial charge in [0.2, 0.25) is 5.89 Å². The van der Waals surface area contributed by atoms with E-state index in [1.807, 2.05) is 50.2 Å². The third kappa shape index (κ3) is 5.28. The number of amides is 1. The molecule has 186 valence electrons. The molecule has 8 heteroatoms. The molecule has 0 aliphatic rings. The minimum atomic E-state index is -0.451. The molecule has 2 aromatic heterocycles. The van der Waals surface area contributed by atoms with Crippen LogP contribution in [0.5, 0.6) is 0 Å². The van der Waals surface area contributed by atoms with E-state index in [0.717, 1.165) is 23.1 Å². The number of carbonyl (C=O) groups is 1. The van der Waals surface area contributed by atoms with Gasteiger partial charge in [-0.2, -0.15) is 0 Å². The lowest BCUT2D eigenvalue weighted by Crippen LogP contribution is -2.33. The summed E-state index contributed by atoms with van der Waals surface area (Å²) in [4.78, 5) is 17.3. The molecule has 6 nitrogen and oxygen atoms in total. The van der Waals surface area contributed by atoms with Crippen molar-refractivity contribution in [3.8, 4) is 22.8 Å². The van der Waals surface area contributed by atoms with Crippen molar-refractivity contribution in [1.82, 2.24) is 10.3 Å². The zero-order chi connectivity index (χ0) is 26.1. The maximum absolute atomic E-state index is 12.7. The number of fused-ring (bicyclic) bond motifs is 1. The molecular weight excluding hydrogens is 506 g/mol. The number of furan rings is 1. The van der Waals surface area contributed by atoms with Crippen LogP contribution in [-0.2, 0) is 6.42 Å². The number of hydrogen-bond donors (Lipinski definition) is 2. The van der Waals surface area contributed by atoms with Gasteiger partial charge in [0.15, 0.2) is 16.5 Å². The molecule has 3 aromatic carbocycles. The maximum Gasteiger partial charge on any atom is 0.293 e. The lowest BCUT2D eigenvalue weighted by molar-refractivity contribution is 0.0951.